The summed E-state index contributed by atoms with van der Waals surface area (Å²) in [5.41, 5.74) is 0.608. The van der Waals surface area contributed by atoms with Gasteiger partial charge in [-0.15, -0.1) is 0 Å². The SMILES string of the molecule is CCC(C)n1ccc(CC(O)C2(OC)CCCC2)n1. The molecule has 4 heteroatoms. The molecule has 0 radical (unpaired) electrons. The van der Waals surface area contributed by atoms with Crippen molar-refractivity contribution in [3.05, 3.63) is 18.0 Å². The van der Waals surface area contributed by atoms with E-state index in [9.17, 15) is 5.11 Å². The average molecular weight is 266 g/mol. The number of aliphatic hydroxyl groups excluding tert-OH is 1. The van der Waals surface area contributed by atoms with Crippen LogP contribution in [0.4, 0.5) is 0 Å². The summed E-state index contributed by atoms with van der Waals surface area (Å²) in [6, 6.07) is 2.42. The van der Waals surface area contributed by atoms with E-state index in [1.165, 1.54) is 0 Å². The minimum Gasteiger partial charge on any atom is -0.390 e. The van der Waals surface area contributed by atoms with Gasteiger partial charge in [-0.1, -0.05) is 19.8 Å². The standard InChI is InChI=1S/C15H26N2O2/c1-4-12(2)17-10-7-13(16-17)11-14(18)15(19-3)8-5-6-9-15/h7,10,12,14,18H,4-6,8-9,11H2,1-3H3. The lowest BCUT2D eigenvalue weighted by atomic mass is 9.91. The van der Waals surface area contributed by atoms with Crippen molar-refractivity contribution in [3.8, 4) is 0 Å². The Morgan fingerprint density at radius 1 is 1.47 bits per heavy atom. The molecule has 0 amide bonds. The van der Waals surface area contributed by atoms with Gasteiger partial charge in [0.25, 0.3) is 0 Å². The second kappa shape index (κ2) is 6.06. The van der Waals surface area contributed by atoms with Crippen LogP contribution in [0.3, 0.4) is 0 Å². The van der Waals surface area contributed by atoms with Crippen LogP contribution in [0.2, 0.25) is 0 Å². The molecule has 0 aromatic carbocycles. The summed E-state index contributed by atoms with van der Waals surface area (Å²) in [6.07, 6.45) is 7.39. The average Bonchev–Trinajstić information content (AvgIpc) is 3.07. The van der Waals surface area contributed by atoms with Crippen LogP contribution in [0, 0.1) is 0 Å². The Hall–Kier alpha value is -0.870. The second-order valence-corrected chi connectivity index (χ2v) is 5.74. The highest BCUT2D eigenvalue weighted by Crippen LogP contribution is 2.36. The van der Waals surface area contributed by atoms with Crippen molar-refractivity contribution in [2.75, 3.05) is 7.11 Å². The van der Waals surface area contributed by atoms with Crippen LogP contribution in [0.1, 0.15) is 57.7 Å². The molecule has 19 heavy (non-hydrogen) atoms. The maximum atomic E-state index is 10.5. The Bertz CT molecular complexity index is 397. The van der Waals surface area contributed by atoms with Crippen LogP contribution in [-0.4, -0.2) is 33.7 Å². The number of ether oxygens (including phenoxy) is 1. The zero-order chi connectivity index (χ0) is 13.9. The summed E-state index contributed by atoms with van der Waals surface area (Å²) in [5, 5.41) is 15.0. The molecule has 0 saturated heterocycles. The molecule has 2 atom stereocenters. The van der Waals surface area contributed by atoms with Crippen molar-refractivity contribution in [1.82, 2.24) is 9.78 Å². The van der Waals surface area contributed by atoms with Gasteiger partial charge < -0.3 is 9.84 Å². The number of methoxy groups -OCH3 is 1. The van der Waals surface area contributed by atoms with Gasteiger partial charge in [0.05, 0.1) is 17.4 Å². The van der Waals surface area contributed by atoms with Gasteiger partial charge in [-0.3, -0.25) is 4.68 Å². The summed E-state index contributed by atoms with van der Waals surface area (Å²) in [4.78, 5) is 0. The molecular formula is C15H26N2O2. The molecular weight excluding hydrogens is 240 g/mol. The Morgan fingerprint density at radius 2 is 2.16 bits per heavy atom. The molecule has 0 aliphatic heterocycles. The predicted molar refractivity (Wildman–Crippen MR) is 75.1 cm³/mol. The first-order chi connectivity index (χ1) is 9.11. The zero-order valence-electron chi connectivity index (χ0n) is 12.3. The zero-order valence-corrected chi connectivity index (χ0v) is 12.3. The van der Waals surface area contributed by atoms with E-state index in [0.717, 1.165) is 37.8 Å². The number of hydrogen-bond acceptors (Lipinski definition) is 3. The summed E-state index contributed by atoms with van der Waals surface area (Å²) in [6.45, 7) is 4.31. The van der Waals surface area contributed by atoms with Crippen LogP contribution < -0.4 is 0 Å². The van der Waals surface area contributed by atoms with Crippen molar-refractivity contribution in [3.63, 3.8) is 0 Å². The third-order valence-corrected chi connectivity index (χ3v) is 4.57. The molecule has 1 saturated carbocycles. The Balaban J connectivity index is 2.02. The molecule has 0 spiro atoms. The molecule has 2 unspecified atom stereocenters. The van der Waals surface area contributed by atoms with Gasteiger partial charge >= 0.3 is 0 Å². The number of nitrogens with zero attached hydrogens (tertiary/aromatic N) is 2. The van der Waals surface area contributed by atoms with Crippen molar-refractivity contribution in [2.45, 2.75) is 70.1 Å². The van der Waals surface area contributed by atoms with Gasteiger partial charge in [-0.05, 0) is 32.3 Å². The van der Waals surface area contributed by atoms with Crippen molar-refractivity contribution in [2.24, 2.45) is 0 Å². The Kier molecular flexibility index (Phi) is 4.63. The highest BCUT2D eigenvalue weighted by Gasteiger charge is 2.40. The fourth-order valence-electron chi connectivity index (χ4n) is 2.95. The number of hydrogen-bond donors (Lipinski definition) is 1. The van der Waals surface area contributed by atoms with E-state index in [-0.39, 0.29) is 5.60 Å². The highest BCUT2D eigenvalue weighted by atomic mass is 16.5. The molecule has 1 N–H and O–H groups in total. The lowest BCUT2D eigenvalue weighted by Crippen LogP contribution is -2.43. The van der Waals surface area contributed by atoms with Crippen molar-refractivity contribution in [1.29, 1.82) is 0 Å². The highest BCUT2D eigenvalue weighted by molar-refractivity contribution is 5.05. The van der Waals surface area contributed by atoms with Gasteiger partial charge in [-0.2, -0.15) is 5.10 Å². The molecule has 1 aliphatic rings. The number of rotatable bonds is 6. The molecule has 1 aliphatic carbocycles. The van der Waals surface area contributed by atoms with E-state index >= 15 is 0 Å². The molecule has 1 aromatic rings. The minimum atomic E-state index is -0.458. The molecule has 4 nitrogen and oxygen atoms in total. The lowest BCUT2D eigenvalue weighted by Gasteiger charge is -2.32. The lowest BCUT2D eigenvalue weighted by molar-refractivity contribution is -0.0974. The normalized spacial score (nSPS) is 21.5. The number of aliphatic hydroxyl groups is 1. The molecule has 2 rings (SSSR count). The first kappa shape index (κ1) is 14.5. The van der Waals surface area contributed by atoms with Gasteiger partial charge in [-0.25, -0.2) is 0 Å². The minimum absolute atomic E-state index is 0.347. The maximum Gasteiger partial charge on any atom is 0.0940 e. The molecule has 108 valence electrons. The fourth-order valence-corrected chi connectivity index (χ4v) is 2.95. The first-order valence-corrected chi connectivity index (χ1v) is 7.38. The monoisotopic (exact) mass is 266 g/mol. The second-order valence-electron chi connectivity index (χ2n) is 5.74. The largest absolute Gasteiger partial charge is 0.390 e. The van der Waals surface area contributed by atoms with E-state index < -0.39 is 6.10 Å². The summed E-state index contributed by atoms with van der Waals surface area (Å²) in [7, 11) is 1.71. The van der Waals surface area contributed by atoms with Crippen LogP contribution in [0.25, 0.3) is 0 Å². The van der Waals surface area contributed by atoms with E-state index in [2.05, 4.69) is 18.9 Å². The fraction of sp³-hybridized carbons (Fsp3) is 0.800. The van der Waals surface area contributed by atoms with Crippen LogP contribution in [-0.2, 0) is 11.2 Å². The van der Waals surface area contributed by atoms with E-state index in [0.29, 0.717) is 12.5 Å². The van der Waals surface area contributed by atoms with Crippen molar-refractivity contribution < 1.29 is 9.84 Å². The van der Waals surface area contributed by atoms with Crippen LogP contribution in [0.5, 0.6) is 0 Å². The predicted octanol–water partition coefficient (Wildman–Crippen LogP) is 2.72. The Morgan fingerprint density at radius 3 is 2.74 bits per heavy atom. The first-order valence-electron chi connectivity index (χ1n) is 7.38. The smallest absolute Gasteiger partial charge is 0.0940 e. The summed E-state index contributed by atoms with van der Waals surface area (Å²) in [5.74, 6) is 0. The van der Waals surface area contributed by atoms with Gasteiger partial charge in [0.2, 0.25) is 0 Å². The van der Waals surface area contributed by atoms with E-state index in [1.54, 1.807) is 7.11 Å². The Labute approximate surface area is 115 Å². The topological polar surface area (TPSA) is 47.3 Å². The quantitative estimate of drug-likeness (QED) is 0.861. The van der Waals surface area contributed by atoms with Crippen molar-refractivity contribution >= 4 is 0 Å². The van der Waals surface area contributed by atoms with Gasteiger partial charge in [0.1, 0.15) is 0 Å². The summed E-state index contributed by atoms with van der Waals surface area (Å²) >= 11 is 0. The third kappa shape index (κ3) is 3.00. The molecule has 0 bridgehead atoms. The van der Waals surface area contributed by atoms with E-state index in [4.69, 9.17) is 4.74 Å². The third-order valence-electron chi connectivity index (χ3n) is 4.57. The van der Waals surface area contributed by atoms with Gasteiger partial charge in [0, 0.05) is 25.8 Å². The van der Waals surface area contributed by atoms with E-state index in [1.807, 2.05) is 16.9 Å². The van der Waals surface area contributed by atoms with Crippen LogP contribution >= 0.6 is 0 Å². The van der Waals surface area contributed by atoms with Gasteiger partial charge in [0.15, 0.2) is 0 Å². The molecule has 1 fully saturated rings. The number of aromatic nitrogens is 2. The molecule has 1 heterocycles. The molecule has 1 aromatic heterocycles. The van der Waals surface area contributed by atoms with Crippen LogP contribution in [0.15, 0.2) is 12.3 Å². The maximum absolute atomic E-state index is 10.5. The summed E-state index contributed by atoms with van der Waals surface area (Å²) < 4.78 is 7.61.